The number of non-ortho nitro benzene ring substituents is 1. The number of Topliss-reactive ketones (excluding diaryl/α,β-unsaturated/α-hetero) is 1. The number of nitrogens with zero attached hydrogens (tertiary/aromatic N) is 2. The number of ether oxygens (including phenoxy) is 1. The third-order valence-corrected chi connectivity index (χ3v) is 8.30. The molecule has 6 rings (SSSR count). The van der Waals surface area contributed by atoms with E-state index in [1.165, 1.54) is 40.8 Å². The van der Waals surface area contributed by atoms with Crippen LogP contribution in [0.4, 0.5) is 11.4 Å². The maximum Gasteiger partial charge on any atom is 0.338 e. The van der Waals surface area contributed by atoms with Crippen LogP contribution in [-0.4, -0.2) is 35.1 Å². The zero-order valence-electron chi connectivity index (χ0n) is 20.8. The van der Waals surface area contributed by atoms with Crippen LogP contribution in [0.5, 0.6) is 0 Å². The van der Waals surface area contributed by atoms with E-state index in [0.717, 1.165) is 18.9 Å². The van der Waals surface area contributed by atoms with Gasteiger partial charge in [0.15, 0.2) is 6.61 Å². The summed E-state index contributed by atoms with van der Waals surface area (Å²) in [5.41, 5.74) is 1.39. The van der Waals surface area contributed by atoms with Gasteiger partial charge in [-0.1, -0.05) is 48.5 Å². The minimum absolute atomic E-state index is 0.0500. The first-order valence-corrected chi connectivity index (χ1v) is 12.8. The Labute approximate surface area is 223 Å². The van der Waals surface area contributed by atoms with Gasteiger partial charge in [-0.15, -0.1) is 0 Å². The fourth-order valence-corrected chi connectivity index (χ4v) is 6.66. The van der Waals surface area contributed by atoms with E-state index >= 15 is 0 Å². The Morgan fingerprint density at radius 1 is 0.872 bits per heavy atom. The summed E-state index contributed by atoms with van der Waals surface area (Å²) in [4.78, 5) is 63.7. The molecular formula is C30H24N2O7. The summed E-state index contributed by atoms with van der Waals surface area (Å²) >= 11 is 0. The second-order valence-electron chi connectivity index (χ2n) is 10.3. The highest BCUT2D eigenvalue weighted by molar-refractivity contribution is 6.23. The number of nitro groups is 1. The monoisotopic (exact) mass is 524 g/mol. The molecule has 0 unspecified atom stereocenters. The van der Waals surface area contributed by atoms with Gasteiger partial charge in [0.05, 0.1) is 28.0 Å². The molecule has 3 aromatic rings. The Bertz CT molecular complexity index is 1520. The van der Waals surface area contributed by atoms with Gasteiger partial charge in [0.1, 0.15) is 0 Å². The second kappa shape index (κ2) is 9.58. The summed E-state index contributed by atoms with van der Waals surface area (Å²) in [6.45, 7) is -0.611. The highest BCUT2D eigenvalue weighted by Gasteiger charge is 2.64. The van der Waals surface area contributed by atoms with E-state index in [0.29, 0.717) is 5.69 Å². The summed E-state index contributed by atoms with van der Waals surface area (Å²) in [6.07, 6.45) is 1.75. The van der Waals surface area contributed by atoms with E-state index in [1.54, 1.807) is 12.1 Å². The molecule has 3 aliphatic rings. The molecule has 9 nitrogen and oxygen atoms in total. The van der Waals surface area contributed by atoms with Crippen molar-refractivity contribution in [2.45, 2.75) is 18.8 Å². The van der Waals surface area contributed by atoms with Crippen LogP contribution >= 0.6 is 0 Å². The molecule has 0 spiro atoms. The van der Waals surface area contributed by atoms with E-state index in [2.05, 4.69) is 12.1 Å². The van der Waals surface area contributed by atoms with Crippen molar-refractivity contribution < 1.29 is 28.8 Å². The molecule has 2 aliphatic carbocycles. The Balaban J connectivity index is 1.16. The van der Waals surface area contributed by atoms with Crippen molar-refractivity contribution in [3.63, 3.8) is 0 Å². The minimum Gasteiger partial charge on any atom is -0.454 e. The van der Waals surface area contributed by atoms with Crippen LogP contribution in [0.3, 0.4) is 0 Å². The standard InChI is InChI=1S/C30H24N2O7/c33-25(18-8-4-11-22(12-18)32(37)38)16-39-30(36)19-9-5-10-21(13-19)31-28(34)26-20-14-23(17-6-2-1-3-7-17)24(15-20)27(26)29(31)35/h1-13,20,23-24,26-27H,14-16H2/t20-,23-,24+,26+,27+/m0/s1. The fraction of sp³-hybridized carbons (Fsp3) is 0.267. The first-order valence-electron chi connectivity index (χ1n) is 12.8. The number of fused-ring (bicyclic) bond motifs is 5. The van der Waals surface area contributed by atoms with Crippen LogP contribution in [0, 0.1) is 33.8 Å². The topological polar surface area (TPSA) is 124 Å². The lowest BCUT2D eigenvalue weighted by molar-refractivity contribution is -0.384. The number of nitro benzene ring substituents is 1. The molecule has 1 aliphatic heterocycles. The van der Waals surface area contributed by atoms with Gasteiger partial charge in [-0.3, -0.25) is 29.4 Å². The molecule has 0 N–H and O–H groups in total. The van der Waals surface area contributed by atoms with E-state index in [9.17, 15) is 29.3 Å². The van der Waals surface area contributed by atoms with Crippen molar-refractivity contribution in [3.8, 4) is 0 Å². The Morgan fingerprint density at radius 2 is 1.59 bits per heavy atom. The molecular weight excluding hydrogens is 500 g/mol. The lowest BCUT2D eigenvalue weighted by Gasteiger charge is -2.28. The van der Waals surface area contributed by atoms with E-state index in [-0.39, 0.29) is 58.2 Å². The van der Waals surface area contributed by atoms with Crippen LogP contribution in [0.15, 0.2) is 78.9 Å². The number of carbonyl (C=O) groups excluding carboxylic acids is 4. The predicted octanol–water partition coefficient (Wildman–Crippen LogP) is 4.56. The van der Waals surface area contributed by atoms with E-state index in [1.807, 2.05) is 18.2 Å². The third kappa shape index (κ3) is 4.20. The minimum atomic E-state index is -0.806. The highest BCUT2D eigenvalue weighted by atomic mass is 16.6. The van der Waals surface area contributed by atoms with Crippen LogP contribution in [0.2, 0.25) is 0 Å². The number of anilines is 1. The Morgan fingerprint density at radius 3 is 2.36 bits per heavy atom. The van der Waals surface area contributed by atoms with E-state index in [4.69, 9.17) is 4.74 Å². The van der Waals surface area contributed by atoms with Crippen molar-refractivity contribution in [2.75, 3.05) is 11.5 Å². The Kier molecular flexibility index (Phi) is 6.06. The van der Waals surface area contributed by atoms with Crippen molar-refractivity contribution in [1.82, 2.24) is 0 Å². The second-order valence-corrected chi connectivity index (χ2v) is 10.3. The molecule has 196 valence electrons. The van der Waals surface area contributed by atoms with Gasteiger partial charge in [-0.05, 0) is 54.4 Å². The molecule has 1 heterocycles. The van der Waals surface area contributed by atoms with Gasteiger partial charge in [-0.2, -0.15) is 0 Å². The van der Waals surface area contributed by atoms with Crippen LogP contribution in [-0.2, 0) is 14.3 Å². The quantitative estimate of drug-likeness (QED) is 0.146. The average molecular weight is 525 g/mol. The summed E-state index contributed by atoms with van der Waals surface area (Å²) in [7, 11) is 0. The molecule has 5 atom stereocenters. The summed E-state index contributed by atoms with van der Waals surface area (Å²) in [6, 6.07) is 21.4. The van der Waals surface area contributed by atoms with Crippen LogP contribution in [0.1, 0.15) is 45.0 Å². The molecule has 3 aromatic carbocycles. The molecule has 0 aromatic heterocycles. The van der Waals surface area contributed by atoms with Crippen molar-refractivity contribution in [1.29, 1.82) is 0 Å². The van der Waals surface area contributed by atoms with Crippen LogP contribution in [0.25, 0.3) is 0 Å². The maximum atomic E-state index is 13.6. The SMILES string of the molecule is O=C(COC(=O)c1cccc(N2C(=O)[C@@H]3[C@@H]4C[C@@H]([C@H]3C2=O)[C@H](c2ccccc2)C4)c1)c1cccc([N+](=O)[O-])c1. The largest absolute Gasteiger partial charge is 0.454 e. The van der Waals surface area contributed by atoms with Crippen molar-refractivity contribution in [3.05, 3.63) is 106 Å². The first kappa shape index (κ1) is 24.7. The van der Waals surface area contributed by atoms with Gasteiger partial charge in [0.2, 0.25) is 17.6 Å². The molecule has 2 saturated carbocycles. The first-order chi connectivity index (χ1) is 18.8. The van der Waals surface area contributed by atoms with Crippen molar-refractivity contribution in [2.24, 2.45) is 23.7 Å². The Hall–Kier alpha value is -4.66. The molecule has 9 heteroatoms. The summed E-state index contributed by atoms with van der Waals surface area (Å²) in [5.74, 6) is -2.06. The summed E-state index contributed by atoms with van der Waals surface area (Å²) in [5, 5.41) is 11.0. The van der Waals surface area contributed by atoms with Gasteiger partial charge in [0, 0.05) is 17.7 Å². The third-order valence-electron chi connectivity index (χ3n) is 8.30. The van der Waals surface area contributed by atoms with Gasteiger partial charge < -0.3 is 4.74 Å². The molecule has 2 amide bonds. The summed E-state index contributed by atoms with van der Waals surface area (Å²) < 4.78 is 5.15. The zero-order chi connectivity index (χ0) is 27.3. The van der Waals surface area contributed by atoms with E-state index < -0.39 is 23.3 Å². The van der Waals surface area contributed by atoms with Crippen LogP contribution < -0.4 is 4.90 Å². The van der Waals surface area contributed by atoms with Crippen molar-refractivity contribution >= 4 is 34.9 Å². The van der Waals surface area contributed by atoms with Gasteiger partial charge in [-0.25, -0.2) is 4.79 Å². The molecule has 0 radical (unpaired) electrons. The number of amides is 2. The number of rotatable bonds is 7. The number of carbonyl (C=O) groups is 4. The van der Waals surface area contributed by atoms with Gasteiger partial charge in [0.25, 0.3) is 5.69 Å². The molecule has 1 saturated heterocycles. The number of hydrogen-bond donors (Lipinski definition) is 0. The van der Waals surface area contributed by atoms with Gasteiger partial charge >= 0.3 is 5.97 Å². The number of ketones is 1. The molecule has 3 fully saturated rings. The number of benzene rings is 3. The lowest BCUT2D eigenvalue weighted by atomic mass is 9.73. The average Bonchev–Trinajstić information content (AvgIpc) is 3.63. The number of imide groups is 1. The maximum absolute atomic E-state index is 13.6. The number of hydrogen-bond acceptors (Lipinski definition) is 7. The highest BCUT2D eigenvalue weighted by Crippen LogP contribution is 2.61. The smallest absolute Gasteiger partial charge is 0.338 e. The lowest BCUT2D eigenvalue weighted by Crippen LogP contribution is -2.33. The molecule has 39 heavy (non-hydrogen) atoms. The number of esters is 1. The molecule has 2 bridgehead atoms. The fourth-order valence-electron chi connectivity index (χ4n) is 6.66. The predicted molar refractivity (Wildman–Crippen MR) is 139 cm³/mol. The normalized spacial score (nSPS) is 25.0. The zero-order valence-corrected chi connectivity index (χ0v) is 20.8.